The molecule has 0 unspecified atom stereocenters. The first-order chi connectivity index (χ1) is 12.7. The topological polar surface area (TPSA) is 90.7 Å². The van der Waals surface area contributed by atoms with E-state index in [2.05, 4.69) is 10.3 Å². The number of fused-ring (bicyclic) bond motifs is 1. The molecule has 4 rings (SSSR count). The maximum atomic E-state index is 12.2. The molecule has 26 heavy (non-hydrogen) atoms. The van der Waals surface area contributed by atoms with Crippen molar-refractivity contribution in [2.75, 3.05) is 11.9 Å². The van der Waals surface area contributed by atoms with E-state index in [1.807, 2.05) is 30.3 Å². The standard InChI is InChI=1S/C19H14N2O5/c22-17-10-24-15-8-13(6-7-14(15)21-17)19(23)25-11-18-20-9-16(26-18)12-4-2-1-3-5-12/h1-9H,10-11H2,(H,21,22). The summed E-state index contributed by atoms with van der Waals surface area (Å²) in [4.78, 5) is 27.6. The summed E-state index contributed by atoms with van der Waals surface area (Å²) in [5.41, 5.74) is 1.74. The number of anilines is 1. The molecule has 1 aliphatic rings. The lowest BCUT2D eigenvalue weighted by molar-refractivity contribution is -0.118. The molecule has 0 saturated carbocycles. The van der Waals surface area contributed by atoms with Gasteiger partial charge in [0.25, 0.3) is 5.91 Å². The van der Waals surface area contributed by atoms with Gasteiger partial charge in [-0.1, -0.05) is 30.3 Å². The van der Waals surface area contributed by atoms with E-state index in [9.17, 15) is 9.59 Å². The third kappa shape index (κ3) is 3.27. The van der Waals surface area contributed by atoms with Crippen LogP contribution in [-0.2, 0) is 16.1 Å². The summed E-state index contributed by atoms with van der Waals surface area (Å²) >= 11 is 0. The van der Waals surface area contributed by atoms with Crippen molar-refractivity contribution < 1.29 is 23.5 Å². The Hall–Kier alpha value is -3.61. The Labute approximate surface area is 148 Å². The molecule has 2 heterocycles. The number of rotatable bonds is 4. The minimum absolute atomic E-state index is 0.0793. The summed E-state index contributed by atoms with van der Waals surface area (Å²) in [6, 6.07) is 14.2. The number of carbonyl (C=O) groups is 2. The Bertz CT molecular complexity index is 965. The minimum atomic E-state index is -0.534. The highest BCUT2D eigenvalue weighted by molar-refractivity contribution is 5.97. The molecule has 0 saturated heterocycles. The largest absolute Gasteiger partial charge is 0.482 e. The van der Waals surface area contributed by atoms with Crippen molar-refractivity contribution in [3.63, 3.8) is 0 Å². The minimum Gasteiger partial charge on any atom is -0.482 e. The third-order valence-corrected chi connectivity index (χ3v) is 3.79. The Balaban J connectivity index is 1.42. The van der Waals surface area contributed by atoms with Crippen LogP contribution in [0.4, 0.5) is 5.69 Å². The second kappa shape index (κ2) is 6.72. The molecule has 0 atom stereocenters. The van der Waals surface area contributed by atoms with Gasteiger partial charge in [0.05, 0.1) is 17.4 Å². The first-order valence-electron chi connectivity index (χ1n) is 7.93. The van der Waals surface area contributed by atoms with E-state index in [4.69, 9.17) is 13.9 Å². The van der Waals surface area contributed by atoms with Gasteiger partial charge in [0.2, 0.25) is 5.89 Å². The van der Waals surface area contributed by atoms with Crippen LogP contribution in [0.5, 0.6) is 5.75 Å². The average molecular weight is 350 g/mol. The van der Waals surface area contributed by atoms with Gasteiger partial charge in [-0.15, -0.1) is 0 Å². The molecular formula is C19H14N2O5. The molecule has 1 N–H and O–H groups in total. The SMILES string of the molecule is O=C1COc2cc(C(=O)OCc3ncc(-c4ccccc4)o3)ccc2N1. The highest BCUT2D eigenvalue weighted by atomic mass is 16.5. The van der Waals surface area contributed by atoms with Crippen LogP contribution in [0.1, 0.15) is 16.2 Å². The monoisotopic (exact) mass is 350 g/mol. The molecule has 0 aliphatic carbocycles. The number of ether oxygens (including phenoxy) is 2. The molecule has 130 valence electrons. The van der Waals surface area contributed by atoms with Crippen LogP contribution in [0.15, 0.2) is 59.1 Å². The van der Waals surface area contributed by atoms with Crippen molar-refractivity contribution in [3.8, 4) is 17.1 Å². The van der Waals surface area contributed by atoms with Gasteiger partial charge in [-0.25, -0.2) is 9.78 Å². The second-order valence-corrected chi connectivity index (χ2v) is 5.61. The molecule has 1 amide bonds. The van der Waals surface area contributed by atoms with E-state index in [1.165, 1.54) is 6.07 Å². The summed E-state index contributed by atoms with van der Waals surface area (Å²) < 4.78 is 16.1. The number of oxazole rings is 1. The number of hydrogen-bond donors (Lipinski definition) is 1. The predicted octanol–water partition coefficient (Wildman–Crippen LogP) is 3.03. The average Bonchev–Trinajstić information content (AvgIpc) is 3.15. The number of carbonyl (C=O) groups excluding carboxylic acids is 2. The number of aromatic nitrogens is 1. The van der Waals surface area contributed by atoms with E-state index in [1.54, 1.807) is 18.3 Å². The second-order valence-electron chi connectivity index (χ2n) is 5.61. The molecule has 0 bridgehead atoms. The van der Waals surface area contributed by atoms with Crippen LogP contribution in [0.3, 0.4) is 0 Å². The summed E-state index contributed by atoms with van der Waals surface area (Å²) in [6.07, 6.45) is 1.59. The number of nitrogens with zero attached hydrogens (tertiary/aromatic N) is 1. The first kappa shape index (κ1) is 15.9. The Morgan fingerprint density at radius 2 is 2.04 bits per heavy atom. The number of amides is 1. The first-order valence-corrected chi connectivity index (χ1v) is 7.93. The zero-order valence-corrected chi connectivity index (χ0v) is 13.6. The van der Waals surface area contributed by atoms with Gasteiger partial charge >= 0.3 is 5.97 Å². The lowest BCUT2D eigenvalue weighted by Crippen LogP contribution is -2.25. The Morgan fingerprint density at radius 3 is 2.88 bits per heavy atom. The fourth-order valence-electron chi connectivity index (χ4n) is 2.53. The molecule has 7 heteroatoms. The lowest BCUT2D eigenvalue weighted by Gasteiger charge is -2.18. The number of hydrogen-bond acceptors (Lipinski definition) is 6. The molecule has 1 aliphatic heterocycles. The zero-order valence-electron chi connectivity index (χ0n) is 13.6. The van der Waals surface area contributed by atoms with Crippen molar-refractivity contribution in [2.45, 2.75) is 6.61 Å². The smallest absolute Gasteiger partial charge is 0.338 e. The van der Waals surface area contributed by atoms with Gasteiger partial charge < -0.3 is 19.2 Å². The normalized spacial score (nSPS) is 12.7. The van der Waals surface area contributed by atoms with Gasteiger partial charge in [0.15, 0.2) is 19.0 Å². The molecular weight excluding hydrogens is 336 g/mol. The molecule has 7 nitrogen and oxygen atoms in total. The third-order valence-electron chi connectivity index (χ3n) is 3.79. The number of nitrogens with one attached hydrogen (secondary N) is 1. The van der Waals surface area contributed by atoms with Gasteiger partial charge in [-0.3, -0.25) is 4.79 Å². The maximum Gasteiger partial charge on any atom is 0.338 e. The van der Waals surface area contributed by atoms with Gasteiger partial charge in [0.1, 0.15) is 5.75 Å². The highest BCUT2D eigenvalue weighted by Crippen LogP contribution is 2.29. The van der Waals surface area contributed by atoms with E-state index >= 15 is 0 Å². The van der Waals surface area contributed by atoms with E-state index in [0.717, 1.165) is 5.56 Å². The quantitative estimate of drug-likeness (QED) is 0.727. The Morgan fingerprint density at radius 1 is 1.19 bits per heavy atom. The summed E-state index contributed by atoms with van der Waals surface area (Å²) in [6.45, 7) is -0.162. The van der Waals surface area contributed by atoms with Crippen LogP contribution in [0.25, 0.3) is 11.3 Å². The van der Waals surface area contributed by atoms with Gasteiger partial charge in [-0.05, 0) is 18.2 Å². The van der Waals surface area contributed by atoms with Gasteiger partial charge in [0, 0.05) is 5.56 Å². The molecule has 0 fully saturated rings. The van der Waals surface area contributed by atoms with Crippen LogP contribution in [0.2, 0.25) is 0 Å². The predicted molar refractivity (Wildman–Crippen MR) is 91.6 cm³/mol. The van der Waals surface area contributed by atoms with Crippen molar-refractivity contribution in [3.05, 3.63) is 66.2 Å². The summed E-state index contributed by atoms with van der Waals surface area (Å²) in [5.74, 6) is 0.577. The molecule has 0 radical (unpaired) electrons. The van der Waals surface area contributed by atoms with Crippen LogP contribution >= 0.6 is 0 Å². The summed E-state index contributed by atoms with van der Waals surface area (Å²) in [5, 5.41) is 2.66. The maximum absolute atomic E-state index is 12.2. The number of esters is 1. The van der Waals surface area contributed by atoms with Crippen LogP contribution in [-0.4, -0.2) is 23.5 Å². The van der Waals surface area contributed by atoms with Crippen molar-refractivity contribution in [1.82, 2.24) is 4.98 Å². The molecule has 2 aromatic carbocycles. The van der Waals surface area contributed by atoms with Crippen molar-refractivity contribution in [1.29, 1.82) is 0 Å². The van der Waals surface area contributed by atoms with Crippen molar-refractivity contribution >= 4 is 17.6 Å². The number of benzene rings is 2. The van der Waals surface area contributed by atoms with Crippen LogP contribution < -0.4 is 10.1 Å². The van der Waals surface area contributed by atoms with E-state index < -0.39 is 5.97 Å². The zero-order chi connectivity index (χ0) is 17.9. The van der Waals surface area contributed by atoms with Crippen LogP contribution in [0, 0.1) is 0 Å². The molecule has 3 aromatic rings. The van der Waals surface area contributed by atoms with Gasteiger partial charge in [-0.2, -0.15) is 0 Å². The van der Waals surface area contributed by atoms with E-state index in [0.29, 0.717) is 28.7 Å². The lowest BCUT2D eigenvalue weighted by atomic mass is 10.1. The highest BCUT2D eigenvalue weighted by Gasteiger charge is 2.19. The molecule has 0 spiro atoms. The fraction of sp³-hybridized carbons (Fsp3) is 0.105. The fourth-order valence-corrected chi connectivity index (χ4v) is 2.53. The molecule has 1 aromatic heterocycles. The summed E-state index contributed by atoms with van der Waals surface area (Å²) in [7, 11) is 0. The Kier molecular flexibility index (Phi) is 4.10. The van der Waals surface area contributed by atoms with E-state index in [-0.39, 0.29) is 19.1 Å². The van der Waals surface area contributed by atoms with Crippen molar-refractivity contribution in [2.24, 2.45) is 0 Å².